The number of carbonyl (C=O) groups is 1. The zero-order valence-electron chi connectivity index (χ0n) is 8.97. The van der Waals surface area contributed by atoms with Gasteiger partial charge in [-0.2, -0.15) is 5.06 Å². The second kappa shape index (κ2) is 6.10. The van der Waals surface area contributed by atoms with Gasteiger partial charge in [-0.3, -0.25) is 9.63 Å². The molecule has 0 saturated carbocycles. The summed E-state index contributed by atoms with van der Waals surface area (Å²) in [5.74, 6) is -0.510. The smallest absolute Gasteiger partial charge is 0.265 e. The Balaban J connectivity index is 2.90. The number of benzene rings is 1. The van der Waals surface area contributed by atoms with Crippen LogP contribution < -0.4 is 5.06 Å². The van der Waals surface area contributed by atoms with Crippen LogP contribution in [0, 0.1) is 0 Å². The van der Waals surface area contributed by atoms with Gasteiger partial charge >= 0.3 is 0 Å². The van der Waals surface area contributed by atoms with Gasteiger partial charge in [-0.1, -0.05) is 0 Å². The molecule has 16 heavy (non-hydrogen) atoms. The third-order valence-corrected chi connectivity index (χ3v) is 3.09. The molecule has 0 aliphatic carbocycles. The van der Waals surface area contributed by atoms with Gasteiger partial charge in [-0.15, -0.1) is 11.6 Å². The predicted molar refractivity (Wildman–Crippen MR) is 64.0 cm³/mol. The van der Waals surface area contributed by atoms with Gasteiger partial charge in [0.05, 0.1) is 12.8 Å². The van der Waals surface area contributed by atoms with E-state index in [9.17, 15) is 9.35 Å². The van der Waals surface area contributed by atoms with Crippen LogP contribution in [0.3, 0.4) is 0 Å². The van der Waals surface area contributed by atoms with E-state index < -0.39 is 11.2 Å². The first-order valence-corrected chi connectivity index (χ1v) is 6.56. The number of alkyl halides is 1. The molecule has 0 spiro atoms. The maximum atomic E-state index is 11.4. The fourth-order valence-corrected chi connectivity index (χ4v) is 1.81. The van der Waals surface area contributed by atoms with Gasteiger partial charge in [0, 0.05) is 0 Å². The fraction of sp³-hybridized carbons (Fsp3) is 0.300. The number of hydroxylamine groups is 1. The van der Waals surface area contributed by atoms with E-state index in [1.807, 2.05) is 0 Å². The molecule has 0 bridgehead atoms. The van der Waals surface area contributed by atoms with Crippen LogP contribution in [0.1, 0.15) is 0 Å². The lowest BCUT2D eigenvalue weighted by molar-refractivity contribution is -0.122. The molecule has 0 heterocycles. The first kappa shape index (κ1) is 13.3. The van der Waals surface area contributed by atoms with Crippen LogP contribution in [0.2, 0.25) is 0 Å². The number of amides is 1. The average molecular weight is 262 g/mol. The van der Waals surface area contributed by atoms with Crippen molar-refractivity contribution in [3.63, 3.8) is 0 Å². The van der Waals surface area contributed by atoms with E-state index in [0.29, 0.717) is 10.6 Å². The van der Waals surface area contributed by atoms with E-state index >= 15 is 0 Å². The SMILES string of the molecule is CON(C(=O)CCl)c1ccc([S+](C)[O-])cc1. The lowest BCUT2D eigenvalue weighted by Crippen LogP contribution is -2.30. The standard InChI is InChI=1S/C10H12ClNO3S/c1-15-12(10(13)7-11)8-3-5-9(6-4-8)16(2)14/h3-6H,7H2,1-2H3. The van der Waals surface area contributed by atoms with Crippen LogP contribution in [0.25, 0.3) is 0 Å². The molecule has 88 valence electrons. The summed E-state index contributed by atoms with van der Waals surface area (Å²) >= 11 is 4.40. The Morgan fingerprint density at radius 3 is 2.44 bits per heavy atom. The van der Waals surface area contributed by atoms with E-state index in [0.717, 1.165) is 5.06 Å². The van der Waals surface area contributed by atoms with Gasteiger partial charge in [0.1, 0.15) is 12.1 Å². The summed E-state index contributed by atoms with van der Waals surface area (Å²) in [7, 11) is 1.39. The van der Waals surface area contributed by atoms with Crippen molar-refractivity contribution in [2.45, 2.75) is 4.90 Å². The molecule has 0 fully saturated rings. The van der Waals surface area contributed by atoms with Crippen LogP contribution in [-0.4, -0.2) is 29.7 Å². The largest absolute Gasteiger partial charge is 0.612 e. The zero-order chi connectivity index (χ0) is 12.1. The Labute approximate surface area is 102 Å². The number of rotatable bonds is 4. The maximum Gasteiger partial charge on any atom is 0.265 e. The Morgan fingerprint density at radius 1 is 1.50 bits per heavy atom. The molecule has 1 amide bonds. The Kier molecular flexibility index (Phi) is 5.08. The molecular weight excluding hydrogens is 250 g/mol. The van der Waals surface area contributed by atoms with Crippen molar-refractivity contribution < 1.29 is 14.2 Å². The van der Waals surface area contributed by atoms with Gasteiger partial charge in [0.2, 0.25) is 0 Å². The van der Waals surface area contributed by atoms with E-state index in [4.69, 9.17) is 16.4 Å². The average Bonchev–Trinajstić information content (AvgIpc) is 2.30. The number of halogens is 1. The lowest BCUT2D eigenvalue weighted by atomic mass is 10.3. The monoisotopic (exact) mass is 261 g/mol. The second-order valence-electron chi connectivity index (χ2n) is 2.95. The van der Waals surface area contributed by atoms with Crippen molar-refractivity contribution in [3.05, 3.63) is 24.3 Å². The molecule has 0 N–H and O–H groups in total. The Morgan fingerprint density at radius 2 is 2.06 bits per heavy atom. The van der Waals surface area contributed by atoms with Crippen molar-refractivity contribution in [3.8, 4) is 0 Å². The van der Waals surface area contributed by atoms with E-state index in [-0.39, 0.29) is 11.8 Å². The topological polar surface area (TPSA) is 52.6 Å². The molecule has 0 aliphatic rings. The van der Waals surface area contributed by atoms with Gasteiger partial charge in [0.15, 0.2) is 4.90 Å². The lowest BCUT2D eigenvalue weighted by Gasteiger charge is -2.18. The van der Waals surface area contributed by atoms with Crippen LogP contribution in [0.5, 0.6) is 0 Å². The molecule has 0 aliphatic heterocycles. The number of carbonyl (C=O) groups excluding carboxylic acids is 1. The minimum Gasteiger partial charge on any atom is -0.612 e. The molecule has 1 unspecified atom stereocenters. The van der Waals surface area contributed by atoms with Crippen molar-refractivity contribution in [1.82, 2.24) is 0 Å². The minimum atomic E-state index is -1.04. The van der Waals surface area contributed by atoms with E-state index in [1.165, 1.54) is 7.11 Å². The van der Waals surface area contributed by atoms with Crippen LogP contribution in [-0.2, 0) is 20.8 Å². The van der Waals surface area contributed by atoms with Crippen molar-refractivity contribution >= 4 is 34.4 Å². The number of nitrogens with zero attached hydrogens (tertiary/aromatic N) is 1. The molecule has 1 atom stereocenters. The Hall–Kier alpha value is -0.750. The molecule has 6 heteroatoms. The summed E-state index contributed by atoms with van der Waals surface area (Å²) in [6, 6.07) is 6.67. The Bertz CT molecular complexity index is 356. The quantitative estimate of drug-likeness (QED) is 0.470. The summed E-state index contributed by atoms with van der Waals surface area (Å²) in [5, 5.41) is 1.09. The van der Waals surface area contributed by atoms with Crippen LogP contribution >= 0.6 is 11.6 Å². The summed E-state index contributed by atoms with van der Waals surface area (Å²) in [5.41, 5.74) is 0.558. The van der Waals surface area contributed by atoms with Gasteiger partial charge in [-0.25, -0.2) is 0 Å². The van der Waals surface area contributed by atoms with Crippen LogP contribution in [0.4, 0.5) is 5.69 Å². The highest BCUT2D eigenvalue weighted by atomic mass is 35.5. The molecule has 1 aromatic carbocycles. The summed E-state index contributed by atoms with van der Waals surface area (Å²) in [4.78, 5) is 17.0. The third-order valence-electron chi connectivity index (χ3n) is 1.93. The van der Waals surface area contributed by atoms with Crippen molar-refractivity contribution in [1.29, 1.82) is 0 Å². The first-order valence-electron chi connectivity index (χ1n) is 4.46. The third kappa shape index (κ3) is 3.12. The predicted octanol–water partition coefficient (Wildman–Crippen LogP) is 1.56. The molecule has 1 rings (SSSR count). The minimum absolute atomic E-state index is 0.157. The maximum absolute atomic E-state index is 11.4. The highest BCUT2D eigenvalue weighted by Crippen LogP contribution is 2.18. The summed E-state index contributed by atoms with van der Waals surface area (Å²) in [6.45, 7) is 0. The second-order valence-corrected chi connectivity index (χ2v) is 4.60. The zero-order valence-corrected chi connectivity index (χ0v) is 10.5. The van der Waals surface area contributed by atoms with Gasteiger partial charge < -0.3 is 4.55 Å². The summed E-state index contributed by atoms with van der Waals surface area (Å²) in [6.07, 6.45) is 1.59. The highest BCUT2D eigenvalue weighted by molar-refractivity contribution is 7.90. The van der Waals surface area contributed by atoms with Crippen LogP contribution in [0.15, 0.2) is 29.2 Å². The molecule has 0 radical (unpaired) electrons. The number of hydrogen-bond donors (Lipinski definition) is 0. The molecule has 0 aromatic heterocycles. The van der Waals surface area contributed by atoms with Gasteiger partial charge in [-0.05, 0) is 35.4 Å². The molecule has 4 nitrogen and oxygen atoms in total. The number of hydrogen-bond acceptors (Lipinski definition) is 3. The van der Waals surface area contributed by atoms with Crippen molar-refractivity contribution in [2.75, 3.05) is 24.3 Å². The van der Waals surface area contributed by atoms with E-state index in [2.05, 4.69) is 0 Å². The normalized spacial score (nSPS) is 12.2. The molecule has 1 aromatic rings. The highest BCUT2D eigenvalue weighted by Gasteiger charge is 2.15. The summed E-state index contributed by atoms with van der Waals surface area (Å²) < 4.78 is 11.2. The van der Waals surface area contributed by atoms with Gasteiger partial charge in [0.25, 0.3) is 5.91 Å². The molecule has 0 saturated heterocycles. The fourth-order valence-electron chi connectivity index (χ4n) is 1.18. The van der Waals surface area contributed by atoms with Crippen molar-refractivity contribution in [2.24, 2.45) is 0 Å². The van der Waals surface area contributed by atoms with E-state index in [1.54, 1.807) is 30.5 Å². The number of anilines is 1. The molecular formula is C10H12ClNO3S. The first-order chi connectivity index (χ1) is 7.60.